The number of hydrogen-bond donors (Lipinski definition) is 2. The fourth-order valence-electron chi connectivity index (χ4n) is 1.51. The van der Waals surface area contributed by atoms with E-state index in [0.717, 1.165) is 17.7 Å². The van der Waals surface area contributed by atoms with E-state index in [4.69, 9.17) is 0 Å². The van der Waals surface area contributed by atoms with Gasteiger partial charge in [-0.3, -0.25) is 0 Å². The zero-order chi connectivity index (χ0) is 11.1. The maximum Gasteiger partial charge on any atom is 0.0813 e. The Morgan fingerprint density at radius 1 is 1.53 bits per heavy atom. The van der Waals surface area contributed by atoms with Crippen molar-refractivity contribution in [2.24, 2.45) is 0 Å². The van der Waals surface area contributed by atoms with Crippen LogP contribution in [0, 0.1) is 0 Å². The molecule has 0 aliphatic carbocycles. The van der Waals surface area contributed by atoms with E-state index in [0.29, 0.717) is 6.42 Å². The first-order valence-corrected chi connectivity index (χ1v) is 5.08. The zero-order valence-corrected chi connectivity index (χ0v) is 9.03. The maximum absolute atomic E-state index is 9.95. The molecule has 0 aromatic heterocycles. The summed E-state index contributed by atoms with van der Waals surface area (Å²) in [6.07, 6.45) is 2.90. The smallest absolute Gasteiger partial charge is 0.0813 e. The van der Waals surface area contributed by atoms with E-state index in [9.17, 15) is 5.11 Å². The molecule has 1 aromatic rings. The number of allylic oxidation sites excluding steroid dienone is 1. The van der Waals surface area contributed by atoms with Gasteiger partial charge in [0.1, 0.15) is 0 Å². The molecule has 2 nitrogen and oxygen atoms in total. The Bertz CT molecular complexity index is 353. The van der Waals surface area contributed by atoms with Crippen molar-refractivity contribution in [3.8, 4) is 0 Å². The van der Waals surface area contributed by atoms with Crippen LogP contribution in [-0.4, -0.2) is 12.2 Å². The molecule has 1 rings (SSSR count). The van der Waals surface area contributed by atoms with Crippen LogP contribution in [0.2, 0.25) is 0 Å². The Morgan fingerprint density at radius 2 is 2.27 bits per heavy atom. The molecule has 0 aliphatic heterocycles. The number of para-hydroxylation sites is 1. The molecule has 1 aromatic carbocycles. The molecule has 0 bridgehead atoms. The summed E-state index contributed by atoms with van der Waals surface area (Å²) in [5, 5.41) is 13.0. The largest absolute Gasteiger partial charge is 0.388 e. The van der Waals surface area contributed by atoms with Gasteiger partial charge in [0.25, 0.3) is 0 Å². The lowest BCUT2D eigenvalue weighted by Gasteiger charge is -2.14. The predicted molar refractivity (Wildman–Crippen MR) is 63.9 cm³/mol. The molecule has 80 valence electrons. The molecule has 0 saturated carbocycles. The van der Waals surface area contributed by atoms with Gasteiger partial charge in [-0.15, -0.1) is 5.73 Å². The Balaban J connectivity index is 2.71. The second-order valence-corrected chi connectivity index (χ2v) is 3.34. The second-order valence-electron chi connectivity index (χ2n) is 3.34. The average molecular weight is 203 g/mol. The van der Waals surface area contributed by atoms with Crippen molar-refractivity contribution in [3.05, 3.63) is 48.2 Å². The van der Waals surface area contributed by atoms with E-state index in [1.54, 1.807) is 0 Å². The van der Waals surface area contributed by atoms with Crippen molar-refractivity contribution in [3.63, 3.8) is 0 Å². The van der Waals surface area contributed by atoms with Gasteiger partial charge in [-0.2, -0.15) is 0 Å². The highest BCUT2D eigenvalue weighted by Gasteiger charge is 2.09. The van der Waals surface area contributed by atoms with Crippen LogP contribution in [0.25, 0.3) is 0 Å². The summed E-state index contributed by atoms with van der Waals surface area (Å²) in [7, 11) is 1.86. The van der Waals surface area contributed by atoms with Gasteiger partial charge in [0.2, 0.25) is 0 Å². The SMILES string of the molecule is C=C=CCCC(O)c1ccccc1NC. The maximum atomic E-state index is 9.95. The van der Waals surface area contributed by atoms with Gasteiger partial charge in [-0.25, -0.2) is 0 Å². The first kappa shape index (κ1) is 11.6. The highest BCUT2D eigenvalue weighted by atomic mass is 16.3. The Hall–Kier alpha value is -1.50. The van der Waals surface area contributed by atoms with Crippen LogP contribution < -0.4 is 5.32 Å². The van der Waals surface area contributed by atoms with Gasteiger partial charge in [-0.05, 0) is 25.0 Å². The fraction of sp³-hybridized carbons (Fsp3) is 0.308. The Morgan fingerprint density at radius 3 is 2.93 bits per heavy atom. The third-order valence-corrected chi connectivity index (χ3v) is 2.32. The van der Waals surface area contributed by atoms with Gasteiger partial charge >= 0.3 is 0 Å². The third kappa shape index (κ3) is 3.28. The summed E-state index contributed by atoms with van der Waals surface area (Å²) in [6.45, 7) is 3.49. The van der Waals surface area contributed by atoms with Gasteiger partial charge in [0.15, 0.2) is 0 Å². The average Bonchev–Trinajstić information content (AvgIpc) is 2.29. The highest BCUT2D eigenvalue weighted by Crippen LogP contribution is 2.25. The van der Waals surface area contributed by atoms with Gasteiger partial charge < -0.3 is 10.4 Å². The van der Waals surface area contributed by atoms with Crippen molar-refractivity contribution in [2.45, 2.75) is 18.9 Å². The van der Waals surface area contributed by atoms with Crippen LogP contribution in [0.1, 0.15) is 24.5 Å². The summed E-state index contributed by atoms with van der Waals surface area (Å²) in [5.41, 5.74) is 4.62. The van der Waals surface area contributed by atoms with Crippen LogP contribution in [0.15, 0.2) is 42.7 Å². The Labute approximate surface area is 91.0 Å². The van der Waals surface area contributed by atoms with Crippen molar-refractivity contribution >= 4 is 5.69 Å². The molecule has 0 saturated heterocycles. The standard InChI is InChI=1S/C13H17NO/c1-3-4-5-10-13(15)11-8-6-7-9-12(11)14-2/h4,6-9,13-15H,1,5,10H2,2H3. The fourth-order valence-corrected chi connectivity index (χ4v) is 1.51. The monoisotopic (exact) mass is 203 g/mol. The second kappa shape index (κ2) is 6.07. The molecule has 0 heterocycles. The minimum atomic E-state index is -0.432. The minimum absolute atomic E-state index is 0.432. The third-order valence-electron chi connectivity index (χ3n) is 2.32. The predicted octanol–water partition coefficient (Wildman–Crippen LogP) is 2.88. The minimum Gasteiger partial charge on any atom is -0.388 e. The number of aliphatic hydroxyl groups excluding tert-OH is 1. The van der Waals surface area contributed by atoms with Crippen LogP contribution in [-0.2, 0) is 0 Å². The number of hydrogen-bond acceptors (Lipinski definition) is 2. The zero-order valence-electron chi connectivity index (χ0n) is 9.03. The van der Waals surface area contributed by atoms with Crippen molar-refractivity contribution in [1.82, 2.24) is 0 Å². The summed E-state index contributed by atoms with van der Waals surface area (Å²) in [6, 6.07) is 7.78. The number of benzene rings is 1. The quantitative estimate of drug-likeness (QED) is 0.721. The highest BCUT2D eigenvalue weighted by molar-refractivity contribution is 5.51. The van der Waals surface area contributed by atoms with Gasteiger partial charge in [0, 0.05) is 18.3 Å². The molecule has 0 spiro atoms. The summed E-state index contributed by atoms with van der Waals surface area (Å²) in [4.78, 5) is 0. The molecule has 0 radical (unpaired) electrons. The van der Waals surface area contributed by atoms with Gasteiger partial charge in [0.05, 0.1) is 6.10 Å². The van der Waals surface area contributed by atoms with Gasteiger partial charge in [-0.1, -0.05) is 24.8 Å². The lowest BCUT2D eigenvalue weighted by molar-refractivity contribution is 0.169. The van der Waals surface area contributed by atoms with Crippen LogP contribution >= 0.6 is 0 Å². The summed E-state index contributed by atoms with van der Waals surface area (Å²) < 4.78 is 0. The summed E-state index contributed by atoms with van der Waals surface area (Å²) >= 11 is 0. The number of rotatable bonds is 5. The molecule has 1 atom stereocenters. The van der Waals surface area contributed by atoms with E-state index in [2.05, 4.69) is 17.6 Å². The van der Waals surface area contributed by atoms with E-state index in [1.165, 1.54) is 0 Å². The molecular weight excluding hydrogens is 186 g/mol. The molecule has 0 aliphatic rings. The van der Waals surface area contributed by atoms with E-state index >= 15 is 0 Å². The molecule has 15 heavy (non-hydrogen) atoms. The molecule has 2 heteroatoms. The van der Waals surface area contributed by atoms with E-state index in [-0.39, 0.29) is 0 Å². The number of nitrogens with one attached hydrogen (secondary N) is 1. The molecular formula is C13H17NO. The van der Waals surface area contributed by atoms with Crippen molar-refractivity contribution < 1.29 is 5.11 Å². The topological polar surface area (TPSA) is 32.3 Å². The van der Waals surface area contributed by atoms with E-state index in [1.807, 2.05) is 37.4 Å². The van der Waals surface area contributed by atoms with Crippen molar-refractivity contribution in [1.29, 1.82) is 0 Å². The van der Waals surface area contributed by atoms with Crippen molar-refractivity contribution in [2.75, 3.05) is 12.4 Å². The van der Waals surface area contributed by atoms with E-state index < -0.39 is 6.10 Å². The summed E-state index contributed by atoms with van der Waals surface area (Å²) in [5.74, 6) is 0. The lowest BCUT2D eigenvalue weighted by atomic mass is 10.0. The first-order chi connectivity index (χ1) is 7.29. The first-order valence-electron chi connectivity index (χ1n) is 5.08. The molecule has 1 unspecified atom stereocenters. The number of anilines is 1. The molecule has 2 N–H and O–H groups in total. The Kier molecular flexibility index (Phi) is 4.69. The van der Waals surface area contributed by atoms with Crippen LogP contribution in [0.4, 0.5) is 5.69 Å². The van der Waals surface area contributed by atoms with Crippen LogP contribution in [0.5, 0.6) is 0 Å². The normalized spacial score (nSPS) is 11.6. The number of aliphatic hydroxyl groups is 1. The lowest BCUT2D eigenvalue weighted by Crippen LogP contribution is -2.01. The molecule has 0 amide bonds. The van der Waals surface area contributed by atoms with Crippen LogP contribution in [0.3, 0.4) is 0 Å². The molecule has 0 fully saturated rings.